The largest absolute Gasteiger partial charge is 0.349 e. The maximum atomic E-state index is 6.16. The molecule has 4 fully saturated rings. The van der Waals surface area contributed by atoms with Gasteiger partial charge in [0.2, 0.25) is 5.79 Å². The van der Waals surface area contributed by atoms with Crippen molar-refractivity contribution in [2.24, 2.45) is 11.8 Å². The van der Waals surface area contributed by atoms with E-state index in [0.29, 0.717) is 5.92 Å². The first kappa shape index (κ1) is 11.9. The van der Waals surface area contributed by atoms with E-state index in [1.807, 2.05) is 0 Å². The molecule has 4 nitrogen and oxygen atoms in total. The molecule has 0 aromatic heterocycles. The van der Waals surface area contributed by atoms with Gasteiger partial charge in [0, 0.05) is 18.9 Å². The van der Waals surface area contributed by atoms with Crippen molar-refractivity contribution in [1.29, 1.82) is 0 Å². The molecule has 0 aromatic carbocycles. The summed E-state index contributed by atoms with van der Waals surface area (Å²) in [6, 6.07) is 0. The van der Waals surface area contributed by atoms with Crippen LogP contribution in [0.25, 0.3) is 0 Å². The van der Waals surface area contributed by atoms with E-state index in [2.05, 4.69) is 20.8 Å². The summed E-state index contributed by atoms with van der Waals surface area (Å²) in [6.07, 6.45) is 3.67. The number of ether oxygens (including phenoxy) is 2. The molecule has 4 atom stereocenters. The van der Waals surface area contributed by atoms with E-state index in [4.69, 9.17) is 19.2 Å². The third-order valence-electron chi connectivity index (χ3n) is 4.66. The van der Waals surface area contributed by atoms with Gasteiger partial charge in [0.25, 0.3) is 0 Å². The summed E-state index contributed by atoms with van der Waals surface area (Å²) in [4.78, 5) is 11.5. The summed E-state index contributed by atoms with van der Waals surface area (Å²) in [5, 5.41) is 0. The Morgan fingerprint density at radius 1 is 1.18 bits per heavy atom. The van der Waals surface area contributed by atoms with Crippen LogP contribution in [0, 0.1) is 11.8 Å². The van der Waals surface area contributed by atoms with Crippen LogP contribution in [0.4, 0.5) is 0 Å². The van der Waals surface area contributed by atoms with Crippen LogP contribution in [0.2, 0.25) is 0 Å². The van der Waals surface area contributed by atoms with Crippen LogP contribution in [0.15, 0.2) is 0 Å². The molecular weight excluding hydrogens is 220 g/mol. The molecular formula is C13H22O4. The third kappa shape index (κ3) is 1.58. The Bertz CT molecular complexity index is 306. The monoisotopic (exact) mass is 242 g/mol. The molecule has 0 saturated carbocycles. The lowest BCUT2D eigenvalue weighted by atomic mass is 9.80. The summed E-state index contributed by atoms with van der Waals surface area (Å²) < 4.78 is 12.0. The second kappa shape index (κ2) is 3.92. The van der Waals surface area contributed by atoms with E-state index in [1.165, 1.54) is 0 Å². The highest BCUT2D eigenvalue weighted by Crippen LogP contribution is 2.51. The number of hydrogen-bond donors (Lipinski definition) is 0. The first-order valence-electron chi connectivity index (χ1n) is 6.75. The number of fused-ring (bicyclic) bond motifs is 3. The zero-order valence-corrected chi connectivity index (χ0v) is 10.9. The highest BCUT2D eigenvalue weighted by atomic mass is 17.3. The molecule has 1 spiro atoms. The maximum Gasteiger partial charge on any atom is 0.206 e. The van der Waals surface area contributed by atoms with E-state index in [0.717, 1.165) is 32.3 Å². The van der Waals surface area contributed by atoms with Gasteiger partial charge in [-0.15, -0.1) is 0 Å². The predicted octanol–water partition coefficient (Wildman–Crippen LogP) is 2.62. The number of rotatable bonds is 1. The SMILES string of the molecule is CC(C)[C@@]12CC[C@@H](C)[C@]3(CCCO[C@H]3O1)OO2. The molecule has 4 rings (SSSR count). The fourth-order valence-electron chi connectivity index (χ4n) is 3.21. The second-order valence-electron chi connectivity index (χ2n) is 5.95. The van der Waals surface area contributed by atoms with Crippen molar-refractivity contribution in [3.8, 4) is 0 Å². The van der Waals surface area contributed by atoms with Gasteiger partial charge in [-0.05, 0) is 25.2 Å². The zero-order valence-electron chi connectivity index (χ0n) is 10.9. The minimum absolute atomic E-state index is 0.259. The van der Waals surface area contributed by atoms with Crippen LogP contribution in [0.1, 0.15) is 46.5 Å². The highest BCUT2D eigenvalue weighted by molar-refractivity contribution is 4.98. The highest BCUT2D eigenvalue weighted by Gasteiger charge is 2.61. The van der Waals surface area contributed by atoms with Crippen molar-refractivity contribution in [3.63, 3.8) is 0 Å². The standard InChI is InChI=1S/C13H22O4/c1-9(2)13-7-5-10(3)12(16-17-13)6-4-8-14-11(12)15-13/h9-11H,4-8H2,1-3H3/t10-,11+,12+,13+/m1/s1. The van der Waals surface area contributed by atoms with Gasteiger partial charge in [-0.25, -0.2) is 4.89 Å². The van der Waals surface area contributed by atoms with Crippen molar-refractivity contribution >= 4 is 0 Å². The second-order valence-corrected chi connectivity index (χ2v) is 5.95. The Kier molecular flexibility index (Phi) is 2.74. The quantitative estimate of drug-likeness (QED) is 0.662. The van der Waals surface area contributed by atoms with Crippen molar-refractivity contribution in [2.45, 2.75) is 64.1 Å². The van der Waals surface area contributed by atoms with E-state index < -0.39 is 5.79 Å². The third-order valence-corrected chi connectivity index (χ3v) is 4.66. The predicted molar refractivity (Wildman–Crippen MR) is 60.9 cm³/mol. The van der Waals surface area contributed by atoms with Gasteiger partial charge >= 0.3 is 0 Å². The van der Waals surface area contributed by atoms with Crippen molar-refractivity contribution in [3.05, 3.63) is 0 Å². The van der Waals surface area contributed by atoms with Crippen molar-refractivity contribution in [2.75, 3.05) is 6.61 Å². The van der Waals surface area contributed by atoms with E-state index in [9.17, 15) is 0 Å². The van der Waals surface area contributed by atoms with Gasteiger partial charge in [0.1, 0.15) is 0 Å². The van der Waals surface area contributed by atoms with E-state index in [1.54, 1.807) is 0 Å². The molecule has 0 aromatic rings. The molecule has 4 aliphatic heterocycles. The van der Waals surface area contributed by atoms with E-state index in [-0.39, 0.29) is 17.8 Å². The average Bonchev–Trinajstić information content (AvgIpc) is 2.55. The lowest BCUT2D eigenvalue weighted by molar-refractivity contribution is -0.563. The van der Waals surface area contributed by atoms with Gasteiger partial charge in [-0.3, -0.25) is 0 Å². The van der Waals surface area contributed by atoms with Crippen molar-refractivity contribution < 1.29 is 19.2 Å². The Labute approximate surface area is 102 Å². The fourth-order valence-corrected chi connectivity index (χ4v) is 3.21. The summed E-state index contributed by atoms with van der Waals surface area (Å²) >= 11 is 0. The summed E-state index contributed by atoms with van der Waals surface area (Å²) in [6.45, 7) is 7.19. The topological polar surface area (TPSA) is 36.9 Å². The summed E-state index contributed by atoms with van der Waals surface area (Å²) in [5.74, 6) is 0.0586. The van der Waals surface area contributed by atoms with Crippen molar-refractivity contribution in [1.82, 2.24) is 0 Å². The van der Waals surface area contributed by atoms with Crippen LogP contribution in [0.5, 0.6) is 0 Å². The van der Waals surface area contributed by atoms with Gasteiger partial charge in [-0.2, -0.15) is 4.89 Å². The number of hydrogen-bond acceptors (Lipinski definition) is 4. The van der Waals surface area contributed by atoms with Crippen LogP contribution >= 0.6 is 0 Å². The Morgan fingerprint density at radius 2 is 2.00 bits per heavy atom. The normalized spacial score (nSPS) is 50.1. The van der Waals surface area contributed by atoms with Crippen LogP contribution in [0.3, 0.4) is 0 Å². The molecule has 4 heterocycles. The van der Waals surface area contributed by atoms with Crippen LogP contribution in [-0.4, -0.2) is 24.3 Å². The minimum Gasteiger partial charge on any atom is -0.349 e. The fraction of sp³-hybridized carbons (Fsp3) is 1.00. The molecule has 2 bridgehead atoms. The van der Waals surface area contributed by atoms with Crippen LogP contribution < -0.4 is 0 Å². The van der Waals surface area contributed by atoms with Gasteiger partial charge in [-0.1, -0.05) is 20.8 Å². The molecule has 4 aliphatic rings. The molecule has 4 heteroatoms. The average molecular weight is 242 g/mol. The summed E-state index contributed by atoms with van der Waals surface area (Å²) in [5.41, 5.74) is -0.382. The molecule has 0 amide bonds. The molecule has 0 aliphatic carbocycles. The lowest BCUT2D eigenvalue weighted by Crippen LogP contribution is -2.61. The first-order chi connectivity index (χ1) is 8.09. The molecule has 4 saturated heterocycles. The van der Waals surface area contributed by atoms with E-state index >= 15 is 0 Å². The lowest BCUT2D eigenvalue weighted by Gasteiger charge is -2.51. The first-order valence-corrected chi connectivity index (χ1v) is 6.75. The van der Waals surface area contributed by atoms with Gasteiger partial charge < -0.3 is 9.47 Å². The maximum absolute atomic E-state index is 6.16. The summed E-state index contributed by atoms with van der Waals surface area (Å²) in [7, 11) is 0. The molecule has 98 valence electrons. The van der Waals surface area contributed by atoms with Crippen LogP contribution in [-0.2, 0) is 19.2 Å². The minimum atomic E-state index is -0.615. The molecule has 0 radical (unpaired) electrons. The Hall–Kier alpha value is -0.160. The zero-order chi connectivity index (χ0) is 12.1. The van der Waals surface area contributed by atoms with Gasteiger partial charge in [0.15, 0.2) is 11.9 Å². The molecule has 0 unspecified atom stereocenters. The smallest absolute Gasteiger partial charge is 0.206 e. The Morgan fingerprint density at radius 3 is 2.76 bits per heavy atom. The molecule has 0 N–H and O–H groups in total. The van der Waals surface area contributed by atoms with Gasteiger partial charge in [0.05, 0.1) is 0 Å². The molecule has 17 heavy (non-hydrogen) atoms. The Balaban J connectivity index is 1.95.